The number of rotatable bonds is 6. The van der Waals surface area contributed by atoms with Crippen LogP contribution < -0.4 is 11.0 Å². The van der Waals surface area contributed by atoms with Gasteiger partial charge in [0.1, 0.15) is 6.54 Å². The van der Waals surface area contributed by atoms with Crippen LogP contribution in [0.2, 0.25) is 0 Å². The van der Waals surface area contributed by atoms with Gasteiger partial charge in [-0.15, -0.1) is 0 Å². The summed E-state index contributed by atoms with van der Waals surface area (Å²) < 4.78 is 3.34. The van der Waals surface area contributed by atoms with E-state index in [2.05, 4.69) is 5.32 Å². The third kappa shape index (κ3) is 2.99. The number of amides is 1. The van der Waals surface area contributed by atoms with Crippen LogP contribution in [0.15, 0.2) is 29.1 Å². The van der Waals surface area contributed by atoms with Gasteiger partial charge in [0, 0.05) is 13.1 Å². The van der Waals surface area contributed by atoms with E-state index in [1.807, 2.05) is 31.2 Å². The molecule has 1 aromatic carbocycles. The first kappa shape index (κ1) is 18.0. The topological polar surface area (TPSA) is 56.0 Å². The van der Waals surface area contributed by atoms with Gasteiger partial charge in [-0.2, -0.15) is 0 Å². The van der Waals surface area contributed by atoms with E-state index in [0.717, 1.165) is 41.8 Å². The molecule has 5 heteroatoms. The molecule has 0 saturated heterocycles. The van der Waals surface area contributed by atoms with E-state index in [1.165, 1.54) is 38.5 Å². The fourth-order valence-corrected chi connectivity index (χ4v) is 6.99. The molecule has 0 radical (unpaired) electrons. The maximum Gasteiger partial charge on any atom is 0.329 e. The highest BCUT2D eigenvalue weighted by Gasteiger charge is 2.50. The third-order valence-corrected chi connectivity index (χ3v) is 7.69. The number of hydrogen-bond acceptors (Lipinski definition) is 2. The van der Waals surface area contributed by atoms with Crippen LogP contribution >= 0.6 is 0 Å². The molecule has 1 amide bonds. The zero-order valence-electron chi connectivity index (χ0n) is 16.8. The zero-order chi connectivity index (χ0) is 19.3. The highest BCUT2D eigenvalue weighted by atomic mass is 16.2. The van der Waals surface area contributed by atoms with E-state index in [4.69, 9.17) is 0 Å². The summed E-state index contributed by atoms with van der Waals surface area (Å²) in [5.41, 5.74) is 2.12. The summed E-state index contributed by atoms with van der Waals surface area (Å²) in [6, 6.07) is 7.72. The summed E-state index contributed by atoms with van der Waals surface area (Å²) >= 11 is 0. The quantitative estimate of drug-likeness (QED) is 0.832. The average molecular weight is 382 g/mol. The lowest BCUT2D eigenvalue weighted by molar-refractivity contribution is -0.122. The maximum absolute atomic E-state index is 12.7. The Bertz CT molecular complexity index is 919. The molecule has 1 N–H and O–H groups in total. The minimum absolute atomic E-state index is 0.0502. The number of aromatic nitrogens is 2. The van der Waals surface area contributed by atoms with Crippen LogP contribution in [-0.4, -0.2) is 21.6 Å². The molecule has 0 aliphatic heterocycles. The summed E-state index contributed by atoms with van der Waals surface area (Å²) in [5, 5.41) is 3.12. The first-order valence-electron chi connectivity index (χ1n) is 11.0. The number of nitrogens with zero attached hydrogens (tertiary/aromatic N) is 2. The van der Waals surface area contributed by atoms with E-state index in [-0.39, 0.29) is 18.1 Å². The highest BCUT2D eigenvalue weighted by molar-refractivity contribution is 5.80. The van der Waals surface area contributed by atoms with Gasteiger partial charge in [0.2, 0.25) is 5.91 Å². The van der Waals surface area contributed by atoms with Crippen LogP contribution in [-0.2, 0) is 17.9 Å². The lowest BCUT2D eigenvalue weighted by Gasteiger charge is -2.57. The number of aryl methyl sites for hydroxylation is 1. The molecule has 2 aromatic rings. The smallest absolute Gasteiger partial charge is 0.329 e. The standard InChI is InChI=1S/C23H31N3O2/c1-2-25-19-5-3-4-6-20(19)26(22(25)28)15-21(27)24-8-7-23-12-16-9-17(13-23)11-18(10-16)14-23/h3-6,16-18H,2,7-15H2,1H3,(H,24,27). The van der Waals surface area contributed by atoms with Crippen molar-refractivity contribution in [1.82, 2.24) is 14.5 Å². The predicted octanol–water partition coefficient (Wildman–Crippen LogP) is 3.55. The van der Waals surface area contributed by atoms with Crippen molar-refractivity contribution < 1.29 is 4.79 Å². The Morgan fingerprint density at radius 2 is 1.61 bits per heavy atom. The van der Waals surface area contributed by atoms with Crippen LogP contribution in [0.3, 0.4) is 0 Å². The van der Waals surface area contributed by atoms with Crippen molar-refractivity contribution in [2.45, 2.75) is 65.0 Å². The monoisotopic (exact) mass is 381 g/mol. The molecule has 5 nitrogen and oxygen atoms in total. The summed E-state index contributed by atoms with van der Waals surface area (Å²) in [6.45, 7) is 3.42. The second-order valence-electron chi connectivity index (χ2n) is 9.62. The van der Waals surface area contributed by atoms with Crippen LogP contribution in [0.4, 0.5) is 0 Å². The molecule has 28 heavy (non-hydrogen) atoms. The van der Waals surface area contributed by atoms with Crippen LogP contribution in [0.5, 0.6) is 0 Å². The Morgan fingerprint density at radius 3 is 2.18 bits per heavy atom. The summed E-state index contributed by atoms with van der Waals surface area (Å²) in [5.74, 6) is 2.79. The normalized spacial score (nSPS) is 30.8. The number of fused-ring (bicyclic) bond motifs is 1. The zero-order valence-corrected chi connectivity index (χ0v) is 16.8. The van der Waals surface area contributed by atoms with E-state index in [9.17, 15) is 9.59 Å². The highest BCUT2D eigenvalue weighted by Crippen LogP contribution is 2.61. The maximum atomic E-state index is 12.7. The molecule has 0 atom stereocenters. The van der Waals surface area contributed by atoms with Crippen molar-refractivity contribution >= 4 is 16.9 Å². The fourth-order valence-electron chi connectivity index (χ4n) is 6.99. The molecular weight excluding hydrogens is 350 g/mol. The molecule has 1 aromatic heterocycles. The summed E-state index contributed by atoms with van der Waals surface area (Å²) in [6.07, 6.45) is 9.59. The van der Waals surface area contributed by atoms with Crippen molar-refractivity contribution in [2.75, 3.05) is 6.54 Å². The third-order valence-electron chi connectivity index (χ3n) is 7.69. The largest absolute Gasteiger partial charge is 0.355 e. The Hall–Kier alpha value is -2.04. The van der Waals surface area contributed by atoms with Gasteiger partial charge in [0.05, 0.1) is 11.0 Å². The second-order valence-corrected chi connectivity index (χ2v) is 9.62. The van der Waals surface area contributed by atoms with Gasteiger partial charge in [-0.1, -0.05) is 12.1 Å². The van der Waals surface area contributed by atoms with Crippen molar-refractivity contribution in [1.29, 1.82) is 0 Å². The van der Waals surface area contributed by atoms with E-state index < -0.39 is 0 Å². The Labute approximate surface area is 166 Å². The molecule has 4 aliphatic rings. The number of carbonyl (C=O) groups is 1. The van der Waals surface area contributed by atoms with Crippen LogP contribution in [0.25, 0.3) is 11.0 Å². The number of para-hydroxylation sites is 2. The molecule has 6 rings (SSSR count). The number of hydrogen-bond donors (Lipinski definition) is 1. The van der Waals surface area contributed by atoms with Gasteiger partial charge in [0.25, 0.3) is 0 Å². The SMILES string of the molecule is CCn1c(=O)n(CC(=O)NCCC23CC4CC(CC(C4)C2)C3)c2ccccc21. The van der Waals surface area contributed by atoms with Gasteiger partial charge in [-0.05, 0) is 87.2 Å². The average Bonchev–Trinajstić information content (AvgIpc) is 2.92. The van der Waals surface area contributed by atoms with Gasteiger partial charge in [-0.3, -0.25) is 13.9 Å². The minimum atomic E-state index is -0.0973. The molecule has 4 aliphatic carbocycles. The molecule has 4 fully saturated rings. The second kappa shape index (κ2) is 6.78. The fraction of sp³-hybridized carbons (Fsp3) is 0.652. The molecule has 4 bridgehead atoms. The minimum Gasteiger partial charge on any atom is -0.355 e. The van der Waals surface area contributed by atoms with E-state index in [0.29, 0.717) is 12.0 Å². The molecule has 0 unspecified atom stereocenters. The van der Waals surface area contributed by atoms with Crippen molar-refractivity contribution in [2.24, 2.45) is 23.2 Å². The predicted molar refractivity (Wildman–Crippen MR) is 110 cm³/mol. The molecule has 1 heterocycles. The number of carbonyl (C=O) groups excluding carboxylic acids is 1. The summed E-state index contributed by atoms with van der Waals surface area (Å²) in [4.78, 5) is 25.3. The van der Waals surface area contributed by atoms with Crippen LogP contribution in [0, 0.1) is 23.2 Å². The Morgan fingerprint density at radius 1 is 1.04 bits per heavy atom. The van der Waals surface area contributed by atoms with E-state index in [1.54, 1.807) is 9.13 Å². The molecule has 0 spiro atoms. The van der Waals surface area contributed by atoms with Crippen molar-refractivity contribution in [3.8, 4) is 0 Å². The lowest BCUT2D eigenvalue weighted by Crippen LogP contribution is -2.47. The first-order valence-corrected chi connectivity index (χ1v) is 11.0. The molecule has 150 valence electrons. The van der Waals surface area contributed by atoms with Crippen molar-refractivity contribution in [3.05, 3.63) is 34.7 Å². The Balaban J connectivity index is 1.24. The van der Waals surface area contributed by atoms with Crippen molar-refractivity contribution in [3.63, 3.8) is 0 Å². The molecular formula is C23H31N3O2. The Kier molecular flexibility index (Phi) is 4.37. The van der Waals surface area contributed by atoms with Gasteiger partial charge in [-0.25, -0.2) is 4.79 Å². The summed E-state index contributed by atoms with van der Waals surface area (Å²) in [7, 11) is 0. The first-order chi connectivity index (χ1) is 13.6. The number of imidazole rings is 1. The number of nitrogens with one attached hydrogen (secondary N) is 1. The van der Waals surface area contributed by atoms with Gasteiger partial charge >= 0.3 is 5.69 Å². The van der Waals surface area contributed by atoms with E-state index >= 15 is 0 Å². The number of benzene rings is 1. The van der Waals surface area contributed by atoms with Gasteiger partial charge in [0.15, 0.2) is 0 Å². The van der Waals surface area contributed by atoms with Gasteiger partial charge < -0.3 is 5.32 Å². The van der Waals surface area contributed by atoms with Crippen LogP contribution in [0.1, 0.15) is 51.9 Å². The molecule has 4 saturated carbocycles. The lowest BCUT2D eigenvalue weighted by atomic mass is 9.49.